The Morgan fingerprint density at radius 1 is 1.18 bits per heavy atom. The van der Waals surface area contributed by atoms with E-state index in [1.807, 2.05) is 14.0 Å². The van der Waals surface area contributed by atoms with E-state index >= 15 is 0 Å². The fourth-order valence-corrected chi connectivity index (χ4v) is 2.66. The van der Waals surface area contributed by atoms with Crippen LogP contribution in [0.2, 0.25) is 0 Å². The highest BCUT2D eigenvalue weighted by molar-refractivity contribution is 5.58. The van der Waals surface area contributed by atoms with Gasteiger partial charge in [0, 0.05) is 25.7 Å². The molecule has 1 saturated carbocycles. The molecule has 0 spiro atoms. The van der Waals surface area contributed by atoms with Crippen LogP contribution in [0.5, 0.6) is 0 Å². The first-order valence-electron chi connectivity index (χ1n) is 6.39. The van der Waals surface area contributed by atoms with Gasteiger partial charge in [-0.2, -0.15) is 0 Å². The highest BCUT2D eigenvalue weighted by Crippen LogP contribution is 2.29. The van der Waals surface area contributed by atoms with Gasteiger partial charge in [-0.05, 0) is 26.7 Å². The second-order valence-electron chi connectivity index (χ2n) is 4.87. The third kappa shape index (κ3) is 2.35. The molecular weight excluding hydrogens is 212 g/mol. The Labute approximate surface area is 103 Å². The summed E-state index contributed by atoms with van der Waals surface area (Å²) in [5.41, 5.74) is 1.15. The molecule has 0 atom stereocenters. The standard InChI is InChI=1S/C13H22N4/c1-9-12(14-3)15-10(2)16-13(9)17(4)11-7-5-6-8-11/h11H,5-8H2,1-4H3,(H,14,15,16). The lowest BCUT2D eigenvalue weighted by molar-refractivity contribution is 0.643. The first-order chi connectivity index (χ1) is 8.13. The van der Waals surface area contributed by atoms with Crippen molar-refractivity contribution < 1.29 is 0 Å². The predicted molar refractivity (Wildman–Crippen MR) is 71.7 cm³/mol. The molecule has 1 fully saturated rings. The largest absolute Gasteiger partial charge is 0.373 e. The fourth-order valence-electron chi connectivity index (χ4n) is 2.66. The minimum absolute atomic E-state index is 0.646. The molecular formula is C13H22N4. The maximum atomic E-state index is 4.60. The predicted octanol–water partition coefficient (Wildman–Crippen LogP) is 2.51. The zero-order chi connectivity index (χ0) is 12.4. The van der Waals surface area contributed by atoms with E-state index in [-0.39, 0.29) is 0 Å². The summed E-state index contributed by atoms with van der Waals surface area (Å²) in [6, 6.07) is 0.646. The molecule has 94 valence electrons. The zero-order valence-electron chi connectivity index (χ0n) is 11.2. The number of aryl methyl sites for hydroxylation is 1. The molecule has 0 aromatic carbocycles. The maximum absolute atomic E-state index is 4.60. The smallest absolute Gasteiger partial charge is 0.137 e. The molecule has 1 aromatic heterocycles. The third-order valence-electron chi connectivity index (χ3n) is 3.68. The topological polar surface area (TPSA) is 41.1 Å². The normalized spacial score (nSPS) is 16.2. The Morgan fingerprint density at radius 2 is 1.82 bits per heavy atom. The van der Waals surface area contributed by atoms with Crippen molar-refractivity contribution in [1.29, 1.82) is 0 Å². The van der Waals surface area contributed by atoms with Gasteiger partial charge in [0.1, 0.15) is 17.5 Å². The molecule has 0 saturated heterocycles. The summed E-state index contributed by atoms with van der Waals surface area (Å²) >= 11 is 0. The SMILES string of the molecule is CNc1nc(C)nc(N(C)C2CCCC2)c1C. The summed E-state index contributed by atoms with van der Waals surface area (Å²) in [6.45, 7) is 4.04. The van der Waals surface area contributed by atoms with Crippen molar-refractivity contribution in [2.45, 2.75) is 45.6 Å². The number of anilines is 2. The first kappa shape index (κ1) is 12.1. The molecule has 0 radical (unpaired) electrons. The Bertz CT molecular complexity index is 397. The molecule has 17 heavy (non-hydrogen) atoms. The maximum Gasteiger partial charge on any atom is 0.137 e. The van der Waals surface area contributed by atoms with Gasteiger partial charge in [0.05, 0.1) is 0 Å². The molecule has 2 rings (SSSR count). The molecule has 1 aliphatic rings. The van der Waals surface area contributed by atoms with E-state index in [0.29, 0.717) is 6.04 Å². The molecule has 4 heteroatoms. The van der Waals surface area contributed by atoms with Crippen molar-refractivity contribution in [3.05, 3.63) is 11.4 Å². The fraction of sp³-hybridized carbons (Fsp3) is 0.692. The zero-order valence-corrected chi connectivity index (χ0v) is 11.2. The van der Waals surface area contributed by atoms with Crippen LogP contribution in [0.1, 0.15) is 37.1 Å². The first-order valence-corrected chi connectivity index (χ1v) is 6.39. The van der Waals surface area contributed by atoms with Crippen LogP contribution in [-0.2, 0) is 0 Å². The molecule has 1 aliphatic carbocycles. The molecule has 1 aromatic rings. The average Bonchev–Trinajstić information content (AvgIpc) is 2.84. The third-order valence-corrected chi connectivity index (χ3v) is 3.68. The lowest BCUT2D eigenvalue weighted by Crippen LogP contribution is -2.30. The van der Waals surface area contributed by atoms with Crippen LogP contribution >= 0.6 is 0 Å². The van der Waals surface area contributed by atoms with Crippen molar-refractivity contribution >= 4 is 11.6 Å². The van der Waals surface area contributed by atoms with Crippen LogP contribution in [0.15, 0.2) is 0 Å². The lowest BCUT2D eigenvalue weighted by Gasteiger charge is -2.27. The van der Waals surface area contributed by atoms with Gasteiger partial charge < -0.3 is 10.2 Å². The summed E-state index contributed by atoms with van der Waals surface area (Å²) in [5.74, 6) is 2.85. The molecule has 0 unspecified atom stereocenters. The van der Waals surface area contributed by atoms with Crippen LogP contribution in [-0.4, -0.2) is 30.1 Å². The molecule has 1 heterocycles. The van der Waals surface area contributed by atoms with Gasteiger partial charge >= 0.3 is 0 Å². The molecule has 1 N–H and O–H groups in total. The number of hydrogen-bond donors (Lipinski definition) is 1. The van der Waals surface area contributed by atoms with Crippen LogP contribution in [0, 0.1) is 13.8 Å². The number of aromatic nitrogens is 2. The molecule has 0 aliphatic heterocycles. The number of hydrogen-bond acceptors (Lipinski definition) is 4. The summed E-state index contributed by atoms with van der Waals surface area (Å²) in [4.78, 5) is 11.3. The molecule has 4 nitrogen and oxygen atoms in total. The van der Waals surface area contributed by atoms with Gasteiger partial charge in [0.15, 0.2) is 0 Å². The molecule has 0 amide bonds. The van der Waals surface area contributed by atoms with Gasteiger partial charge in [0.2, 0.25) is 0 Å². The number of nitrogens with zero attached hydrogens (tertiary/aromatic N) is 3. The summed E-state index contributed by atoms with van der Waals surface area (Å²) < 4.78 is 0. The quantitative estimate of drug-likeness (QED) is 0.872. The van der Waals surface area contributed by atoms with Crippen molar-refractivity contribution in [3.63, 3.8) is 0 Å². The van der Waals surface area contributed by atoms with E-state index in [4.69, 9.17) is 0 Å². The summed E-state index contributed by atoms with van der Waals surface area (Å²) in [6.07, 6.45) is 5.26. The highest BCUT2D eigenvalue weighted by atomic mass is 15.2. The minimum Gasteiger partial charge on any atom is -0.373 e. The van der Waals surface area contributed by atoms with Crippen molar-refractivity contribution in [2.24, 2.45) is 0 Å². The van der Waals surface area contributed by atoms with Gasteiger partial charge in [-0.1, -0.05) is 12.8 Å². The highest BCUT2D eigenvalue weighted by Gasteiger charge is 2.23. The van der Waals surface area contributed by atoms with E-state index in [2.05, 4.69) is 34.2 Å². The van der Waals surface area contributed by atoms with Gasteiger partial charge in [-0.25, -0.2) is 9.97 Å². The van der Waals surface area contributed by atoms with Crippen LogP contribution < -0.4 is 10.2 Å². The Hall–Kier alpha value is -1.32. The second-order valence-corrected chi connectivity index (χ2v) is 4.87. The molecule has 0 bridgehead atoms. The average molecular weight is 234 g/mol. The van der Waals surface area contributed by atoms with E-state index in [0.717, 1.165) is 23.0 Å². The van der Waals surface area contributed by atoms with Crippen LogP contribution in [0.25, 0.3) is 0 Å². The Morgan fingerprint density at radius 3 is 2.41 bits per heavy atom. The van der Waals surface area contributed by atoms with Gasteiger partial charge in [-0.3, -0.25) is 0 Å². The van der Waals surface area contributed by atoms with Gasteiger partial charge in [0.25, 0.3) is 0 Å². The van der Waals surface area contributed by atoms with E-state index in [1.54, 1.807) is 0 Å². The van der Waals surface area contributed by atoms with Gasteiger partial charge in [-0.15, -0.1) is 0 Å². The number of rotatable bonds is 3. The lowest BCUT2D eigenvalue weighted by atomic mass is 10.2. The second kappa shape index (κ2) is 4.90. The number of nitrogens with one attached hydrogen (secondary N) is 1. The monoisotopic (exact) mass is 234 g/mol. The van der Waals surface area contributed by atoms with Crippen molar-refractivity contribution in [2.75, 3.05) is 24.3 Å². The van der Waals surface area contributed by atoms with E-state index < -0.39 is 0 Å². The summed E-state index contributed by atoms with van der Waals surface area (Å²) in [5, 5.41) is 3.14. The van der Waals surface area contributed by atoms with Crippen molar-refractivity contribution in [3.8, 4) is 0 Å². The van der Waals surface area contributed by atoms with E-state index in [9.17, 15) is 0 Å². The van der Waals surface area contributed by atoms with E-state index in [1.165, 1.54) is 25.7 Å². The Kier molecular flexibility index (Phi) is 3.50. The summed E-state index contributed by atoms with van der Waals surface area (Å²) in [7, 11) is 4.07. The van der Waals surface area contributed by atoms with Crippen LogP contribution in [0.4, 0.5) is 11.6 Å². The van der Waals surface area contributed by atoms with Crippen LogP contribution in [0.3, 0.4) is 0 Å². The minimum atomic E-state index is 0.646. The Balaban J connectivity index is 2.33. The van der Waals surface area contributed by atoms with Crippen molar-refractivity contribution in [1.82, 2.24) is 9.97 Å².